The van der Waals surface area contributed by atoms with Gasteiger partial charge in [-0.1, -0.05) is 79.4 Å². The van der Waals surface area contributed by atoms with E-state index < -0.39 is 13.7 Å². The third kappa shape index (κ3) is 3.40. The molecule has 1 N–H and O–H groups in total. The fourth-order valence-electron chi connectivity index (χ4n) is 3.81. The molecule has 0 heterocycles. The molecule has 2 aromatic rings. The highest BCUT2D eigenvalue weighted by molar-refractivity contribution is 6.84. The molecule has 2 aromatic carbocycles. The summed E-state index contributed by atoms with van der Waals surface area (Å²) in [4.78, 5) is 0. The first kappa shape index (κ1) is 17.2. The van der Waals surface area contributed by atoms with E-state index in [4.69, 9.17) is 0 Å². The lowest BCUT2D eigenvalue weighted by Gasteiger charge is -2.32. The maximum atomic E-state index is 11.2. The molecular weight excluding hydrogens is 308 g/mol. The molecule has 0 saturated heterocycles. The highest BCUT2D eigenvalue weighted by atomic mass is 28.3. The van der Waals surface area contributed by atoms with Crippen LogP contribution in [-0.2, 0) is 12.0 Å². The monoisotopic (exact) mass is 336 g/mol. The minimum atomic E-state index is -1.54. The molecule has 0 aromatic heterocycles. The smallest absolute Gasteiger partial charge is 0.0901 e. The van der Waals surface area contributed by atoms with E-state index in [1.54, 1.807) is 0 Å². The lowest BCUT2D eigenvalue weighted by Crippen LogP contribution is -2.32. The average Bonchev–Trinajstić information content (AvgIpc) is 2.96. The van der Waals surface area contributed by atoms with E-state index in [9.17, 15) is 5.11 Å². The summed E-state index contributed by atoms with van der Waals surface area (Å²) in [6.45, 7) is 9.16. The Kier molecular flexibility index (Phi) is 4.54. The summed E-state index contributed by atoms with van der Waals surface area (Å²) in [6.07, 6.45) is 2.98. The van der Waals surface area contributed by atoms with Gasteiger partial charge in [0.15, 0.2) is 0 Å². The molecule has 0 bridgehead atoms. The molecule has 24 heavy (non-hydrogen) atoms. The summed E-state index contributed by atoms with van der Waals surface area (Å²) in [7, 11) is -1.54. The van der Waals surface area contributed by atoms with Crippen molar-refractivity contribution < 1.29 is 5.11 Å². The molecule has 126 valence electrons. The molecular formula is C22H28OSi. The van der Waals surface area contributed by atoms with Crippen LogP contribution in [0.4, 0.5) is 0 Å². The summed E-state index contributed by atoms with van der Waals surface area (Å²) < 4.78 is 0. The van der Waals surface area contributed by atoms with Gasteiger partial charge in [0.25, 0.3) is 0 Å². The fraction of sp³-hybridized carbons (Fsp3) is 0.364. The average molecular weight is 337 g/mol. The third-order valence-corrected chi connectivity index (χ3v) is 7.46. The van der Waals surface area contributed by atoms with Gasteiger partial charge in [0.05, 0.1) is 13.7 Å². The Balaban J connectivity index is 2.06. The third-order valence-electron chi connectivity index (χ3n) is 5.17. The van der Waals surface area contributed by atoms with Crippen molar-refractivity contribution in [1.29, 1.82) is 0 Å². The fourth-order valence-corrected chi connectivity index (χ4v) is 5.85. The van der Waals surface area contributed by atoms with E-state index >= 15 is 0 Å². The normalized spacial score (nSPS) is 18.9. The van der Waals surface area contributed by atoms with Crippen molar-refractivity contribution in [2.75, 3.05) is 0 Å². The predicted octanol–water partition coefficient (Wildman–Crippen LogP) is 5.56. The van der Waals surface area contributed by atoms with E-state index in [2.05, 4.69) is 43.9 Å². The summed E-state index contributed by atoms with van der Waals surface area (Å²) in [6, 6.07) is 18.9. The standard InChI is InChI=1S/C22H28OSi/c1-22(23,18-11-6-5-7-12-18)16-21(24(2,3)4)20-15-14-17-10-8-9-13-19(17)20/h5-13,23H,14-16H2,1-4H3/b21-20+. The number of aliphatic hydroxyl groups is 1. The molecule has 0 saturated carbocycles. The van der Waals surface area contributed by atoms with Crippen LogP contribution in [0.3, 0.4) is 0 Å². The Morgan fingerprint density at radius 3 is 2.25 bits per heavy atom. The Morgan fingerprint density at radius 2 is 1.58 bits per heavy atom. The number of allylic oxidation sites excluding steroid dienone is 1. The lowest BCUT2D eigenvalue weighted by atomic mass is 9.90. The number of hydrogen-bond acceptors (Lipinski definition) is 1. The zero-order chi connectivity index (χ0) is 17.4. The van der Waals surface area contributed by atoms with E-state index in [0.29, 0.717) is 0 Å². The van der Waals surface area contributed by atoms with Crippen LogP contribution < -0.4 is 0 Å². The van der Waals surface area contributed by atoms with Crippen molar-refractivity contribution >= 4 is 13.6 Å². The van der Waals surface area contributed by atoms with Gasteiger partial charge in [0, 0.05) is 0 Å². The number of aryl methyl sites for hydroxylation is 1. The van der Waals surface area contributed by atoms with Crippen molar-refractivity contribution in [2.24, 2.45) is 0 Å². The van der Waals surface area contributed by atoms with Crippen LogP contribution >= 0.6 is 0 Å². The van der Waals surface area contributed by atoms with Crippen molar-refractivity contribution in [1.82, 2.24) is 0 Å². The Labute approximate surface area is 147 Å². The molecule has 0 aliphatic heterocycles. The van der Waals surface area contributed by atoms with E-state index in [0.717, 1.165) is 24.8 Å². The zero-order valence-electron chi connectivity index (χ0n) is 15.3. The Bertz CT molecular complexity index is 751. The number of fused-ring (bicyclic) bond motifs is 1. The van der Waals surface area contributed by atoms with Crippen LogP contribution in [0.1, 0.15) is 36.5 Å². The quantitative estimate of drug-likeness (QED) is 0.725. The second-order valence-electron chi connectivity index (χ2n) is 8.18. The topological polar surface area (TPSA) is 20.2 Å². The van der Waals surface area contributed by atoms with E-state index in [1.165, 1.54) is 21.9 Å². The zero-order valence-corrected chi connectivity index (χ0v) is 16.3. The first-order valence-corrected chi connectivity index (χ1v) is 12.4. The van der Waals surface area contributed by atoms with Crippen LogP contribution in [0.2, 0.25) is 19.6 Å². The van der Waals surface area contributed by atoms with Crippen molar-refractivity contribution in [3.05, 3.63) is 76.5 Å². The molecule has 0 spiro atoms. The predicted molar refractivity (Wildman–Crippen MR) is 106 cm³/mol. The highest BCUT2D eigenvalue weighted by Crippen LogP contribution is 2.41. The SMILES string of the molecule is CC(O)(C/C(=C1/CCc2ccccc21)[Si](C)(C)C)c1ccccc1. The minimum Gasteiger partial charge on any atom is -0.385 e. The van der Waals surface area contributed by atoms with Gasteiger partial charge < -0.3 is 5.11 Å². The number of hydrogen-bond donors (Lipinski definition) is 1. The maximum absolute atomic E-state index is 11.2. The molecule has 1 atom stereocenters. The summed E-state index contributed by atoms with van der Waals surface area (Å²) in [5, 5.41) is 12.7. The first-order chi connectivity index (χ1) is 11.3. The summed E-state index contributed by atoms with van der Waals surface area (Å²) >= 11 is 0. The summed E-state index contributed by atoms with van der Waals surface area (Å²) in [5.41, 5.74) is 4.57. The Morgan fingerprint density at radius 1 is 0.958 bits per heavy atom. The molecule has 1 aliphatic rings. The van der Waals surface area contributed by atoms with Gasteiger partial charge in [-0.25, -0.2) is 0 Å². The number of rotatable bonds is 4. The largest absolute Gasteiger partial charge is 0.385 e. The van der Waals surface area contributed by atoms with Gasteiger partial charge in [-0.2, -0.15) is 0 Å². The van der Waals surface area contributed by atoms with Gasteiger partial charge in [-0.05, 0) is 48.4 Å². The number of benzene rings is 2. The van der Waals surface area contributed by atoms with Gasteiger partial charge in [0.1, 0.15) is 0 Å². The van der Waals surface area contributed by atoms with Crippen molar-refractivity contribution in [2.45, 2.75) is 51.4 Å². The van der Waals surface area contributed by atoms with Crippen molar-refractivity contribution in [3.63, 3.8) is 0 Å². The van der Waals surface area contributed by atoms with Gasteiger partial charge >= 0.3 is 0 Å². The molecule has 0 fully saturated rings. The van der Waals surface area contributed by atoms with Crippen LogP contribution in [0.15, 0.2) is 59.8 Å². The van der Waals surface area contributed by atoms with Crippen LogP contribution in [0, 0.1) is 0 Å². The second-order valence-corrected chi connectivity index (χ2v) is 13.3. The van der Waals surface area contributed by atoms with Gasteiger partial charge in [-0.3, -0.25) is 0 Å². The summed E-state index contributed by atoms with van der Waals surface area (Å²) in [5.74, 6) is 0. The second kappa shape index (κ2) is 6.34. The lowest BCUT2D eigenvalue weighted by molar-refractivity contribution is 0.0592. The molecule has 1 unspecified atom stereocenters. The van der Waals surface area contributed by atoms with Crippen LogP contribution in [-0.4, -0.2) is 13.2 Å². The molecule has 2 heteroatoms. The van der Waals surface area contributed by atoms with Gasteiger partial charge in [-0.15, -0.1) is 0 Å². The van der Waals surface area contributed by atoms with Crippen LogP contribution in [0.25, 0.3) is 5.57 Å². The Hall–Kier alpha value is -1.64. The molecule has 0 radical (unpaired) electrons. The molecule has 1 aliphatic carbocycles. The van der Waals surface area contributed by atoms with E-state index in [1.807, 2.05) is 37.3 Å². The highest BCUT2D eigenvalue weighted by Gasteiger charge is 2.33. The molecule has 3 rings (SSSR count). The molecule has 1 nitrogen and oxygen atoms in total. The van der Waals surface area contributed by atoms with E-state index in [-0.39, 0.29) is 0 Å². The van der Waals surface area contributed by atoms with Crippen molar-refractivity contribution in [3.8, 4) is 0 Å². The first-order valence-electron chi connectivity index (χ1n) is 8.88. The minimum absolute atomic E-state index is 0.733. The molecule has 0 amide bonds. The van der Waals surface area contributed by atoms with Gasteiger partial charge in [0.2, 0.25) is 0 Å². The van der Waals surface area contributed by atoms with Crippen LogP contribution in [0.5, 0.6) is 0 Å². The maximum Gasteiger partial charge on any atom is 0.0901 e.